The van der Waals surface area contributed by atoms with Crippen molar-refractivity contribution < 1.29 is 9.90 Å². The van der Waals surface area contributed by atoms with E-state index >= 15 is 0 Å². The van der Waals surface area contributed by atoms with Crippen molar-refractivity contribution in [2.75, 3.05) is 5.32 Å². The van der Waals surface area contributed by atoms with E-state index in [1.807, 2.05) is 0 Å². The average Bonchev–Trinajstić information content (AvgIpc) is 2.41. The lowest BCUT2D eigenvalue weighted by atomic mass is 10.0. The van der Waals surface area contributed by atoms with Crippen molar-refractivity contribution in [1.29, 1.82) is 15.8 Å². The van der Waals surface area contributed by atoms with Gasteiger partial charge in [0.1, 0.15) is 23.9 Å². The van der Waals surface area contributed by atoms with E-state index in [-0.39, 0.29) is 17.7 Å². The van der Waals surface area contributed by atoms with Crippen LogP contribution in [0.5, 0.6) is 0 Å². The van der Waals surface area contributed by atoms with Crippen molar-refractivity contribution in [3.05, 3.63) is 40.6 Å². The van der Waals surface area contributed by atoms with Crippen LogP contribution in [0.4, 0.5) is 5.69 Å². The summed E-state index contributed by atoms with van der Waals surface area (Å²) in [6.07, 6.45) is -0.0886. The number of rotatable bonds is 4. The molecule has 6 nitrogen and oxygen atoms in total. The molecule has 0 aromatic heterocycles. The molecule has 20 heavy (non-hydrogen) atoms. The summed E-state index contributed by atoms with van der Waals surface area (Å²) in [6.45, 7) is 1.74. The maximum Gasteiger partial charge on any atom is 0.307 e. The van der Waals surface area contributed by atoms with Gasteiger partial charge in [0.2, 0.25) is 0 Å². The number of carboxylic acids is 1. The molecule has 2 N–H and O–H groups in total. The lowest BCUT2D eigenvalue weighted by Gasteiger charge is -2.08. The van der Waals surface area contributed by atoms with Crippen molar-refractivity contribution >= 4 is 11.7 Å². The number of hydrogen-bond donors (Lipinski definition) is 2. The van der Waals surface area contributed by atoms with Crippen LogP contribution in [0, 0.1) is 40.9 Å². The Morgan fingerprint density at radius 3 is 2.35 bits per heavy atom. The minimum Gasteiger partial charge on any atom is -0.481 e. The van der Waals surface area contributed by atoms with Gasteiger partial charge in [0.25, 0.3) is 0 Å². The summed E-state index contributed by atoms with van der Waals surface area (Å²) in [5.41, 5.74) is 1.47. The first-order chi connectivity index (χ1) is 9.51. The fraction of sp³-hybridized carbons (Fsp3) is 0.143. The molecule has 0 bridgehead atoms. The van der Waals surface area contributed by atoms with Crippen LogP contribution in [-0.4, -0.2) is 11.1 Å². The second-order valence-corrected chi connectivity index (χ2v) is 3.92. The molecular formula is C14H10N4O2. The number of hydrogen-bond acceptors (Lipinski definition) is 5. The number of anilines is 1. The maximum atomic E-state index is 10.7. The van der Waals surface area contributed by atoms with Crippen molar-refractivity contribution in [3.63, 3.8) is 0 Å². The Morgan fingerprint density at radius 1 is 1.25 bits per heavy atom. The third-order valence-electron chi connectivity index (χ3n) is 2.54. The van der Waals surface area contributed by atoms with Gasteiger partial charge < -0.3 is 10.4 Å². The first-order valence-electron chi connectivity index (χ1n) is 5.54. The minimum atomic E-state index is -0.928. The van der Waals surface area contributed by atoms with Gasteiger partial charge >= 0.3 is 5.97 Å². The molecule has 0 amide bonds. The van der Waals surface area contributed by atoms with Gasteiger partial charge in [-0.1, -0.05) is 6.07 Å². The van der Waals surface area contributed by atoms with E-state index in [9.17, 15) is 4.79 Å². The molecule has 0 radical (unpaired) electrons. The molecule has 0 fully saturated rings. The SMILES string of the molecule is Cc1cc(NC(C#N)=C(C#N)C#N)ccc1CC(=O)O. The molecule has 6 heteroatoms. The van der Waals surface area contributed by atoms with Crippen LogP contribution in [-0.2, 0) is 11.2 Å². The van der Waals surface area contributed by atoms with Gasteiger partial charge in [-0.05, 0) is 30.2 Å². The van der Waals surface area contributed by atoms with Gasteiger partial charge in [0, 0.05) is 5.69 Å². The fourth-order valence-corrected chi connectivity index (χ4v) is 1.56. The van der Waals surface area contributed by atoms with Crippen LogP contribution in [0.3, 0.4) is 0 Å². The molecule has 0 heterocycles. The van der Waals surface area contributed by atoms with Gasteiger partial charge in [-0.15, -0.1) is 0 Å². The minimum absolute atomic E-state index is 0.0886. The van der Waals surface area contributed by atoms with E-state index in [0.717, 1.165) is 5.56 Å². The van der Waals surface area contributed by atoms with Crippen LogP contribution >= 0.6 is 0 Å². The van der Waals surface area contributed by atoms with Crippen LogP contribution in [0.25, 0.3) is 0 Å². The van der Waals surface area contributed by atoms with Crippen LogP contribution < -0.4 is 5.32 Å². The van der Waals surface area contributed by atoms with E-state index in [1.54, 1.807) is 43.3 Å². The molecule has 0 aliphatic carbocycles. The molecule has 1 rings (SSSR count). The molecule has 1 aromatic rings. The average molecular weight is 266 g/mol. The highest BCUT2D eigenvalue weighted by Gasteiger charge is 2.08. The largest absolute Gasteiger partial charge is 0.481 e. The smallest absolute Gasteiger partial charge is 0.307 e. The summed E-state index contributed by atoms with van der Waals surface area (Å²) in [7, 11) is 0. The van der Waals surface area contributed by atoms with Crippen molar-refractivity contribution in [3.8, 4) is 18.2 Å². The first kappa shape index (κ1) is 14.8. The first-order valence-corrected chi connectivity index (χ1v) is 5.54. The van der Waals surface area contributed by atoms with Gasteiger partial charge in [0.15, 0.2) is 5.57 Å². The molecule has 0 saturated carbocycles. The summed E-state index contributed by atoms with van der Waals surface area (Å²) >= 11 is 0. The Balaban J connectivity index is 3.08. The predicted molar refractivity (Wildman–Crippen MR) is 70.0 cm³/mol. The summed E-state index contributed by atoms with van der Waals surface area (Å²) in [4.78, 5) is 10.7. The number of aryl methyl sites for hydroxylation is 1. The number of aliphatic carboxylic acids is 1. The third kappa shape index (κ3) is 3.60. The predicted octanol–water partition coefficient (Wildman–Crippen LogP) is 1.86. The Morgan fingerprint density at radius 2 is 1.90 bits per heavy atom. The quantitative estimate of drug-likeness (QED) is 0.802. The van der Waals surface area contributed by atoms with Crippen LogP contribution in [0.1, 0.15) is 11.1 Å². The molecule has 0 aliphatic heterocycles. The standard InChI is InChI=1S/C14H10N4O2/c1-9-4-12(3-2-10(9)5-14(19)20)18-13(8-17)11(6-15)7-16/h2-4,18H,5H2,1H3,(H,19,20). The Labute approximate surface area is 115 Å². The van der Waals surface area contributed by atoms with Crippen LogP contribution in [0.15, 0.2) is 29.5 Å². The lowest BCUT2D eigenvalue weighted by Crippen LogP contribution is -2.04. The van der Waals surface area contributed by atoms with Gasteiger partial charge in [-0.2, -0.15) is 15.8 Å². The van der Waals surface area contributed by atoms with E-state index < -0.39 is 5.97 Å². The number of nitrogens with zero attached hydrogens (tertiary/aromatic N) is 3. The normalized spacial score (nSPS) is 8.70. The summed E-state index contributed by atoms with van der Waals surface area (Å²) in [5, 5.41) is 37.8. The van der Waals surface area contributed by atoms with E-state index in [2.05, 4.69) is 5.32 Å². The molecule has 0 saturated heterocycles. The fourth-order valence-electron chi connectivity index (χ4n) is 1.56. The molecule has 0 atom stereocenters. The summed E-state index contributed by atoms with van der Waals surface area (Å²) in [6, 6.07) is 9.88. The molecule has 1 aromatic carbocycles. The highest BCUT2D eigenvalue weighted by molar-refractivity contribution is 5.71. The highest BCUT2D eigenvalue weighted by atomic mass is 16.4. The monoisotopic (exact) mass is 266 g/mol. The zero-order valence-electron chi connectivity index (χ0n) is 10.6. The summed E-state index contributed by atoms with van der Waals surface area (Å²) < 4.78 is 0. The number of nitriles is 3. The van der Waals surface area contributed by atoms with Gasteiger partial charge in [-0.3, -0.25) is 4.79 Å². The van der Waals surface area contributed by atoms with Gasteiger partial charge in [-0.25, -0.2) is 0 Å². The third-order valence-corrected chi connectivity index (χ3v) is 2.54. The zero-order chi connectivity index (χ0) is 15.1. The van der Waals surface area contributed by atoms with Gasteiger partial charge in [0.05, 0.1) is 6.42 Å². The highest BCUT2D eigenvalue weighted by Crippen LogP contribution is 2.18. The number of benzene rings is 1. The lowest BCUT2D eigenvalue weighted by molar-refractivity contribution is -0.136. The van der Waals surface area contributed by atoms with Crippen molar-refractivity contribution in [2.45, 2.75) is 13.3 Å². The second kappa shape index (κ2) is 6.58. The number of carbonyl (C=O) groups is 1. The molecule has 0 unspecified atom stereocenters. The number of allylic oxidation sites excluding steroid dienone is 2. The van der Waals surface area contributed by atoms with E-state index in [4.69, 9.17) is 20.9 Å². The summed E-state index contributed by atoms with van der Waals surface area (Å²) in [5.74, 6) is -0.928. The Bertz CT molecular complexity index is 683. The van der Waals surface area contributed by atoms with Crippen LogP contribution in [0.2, 0.25) is 0 Å². The Hall–Kier alpha value is -3.30. The molecule has 98 valence electrons. The van der Waals surface area contributed by atoms with Crippen molar-refractivity contribution in [1.82, 2.24) is 0 Å². The molecule has 0 spiro atoms. The van der Waals surface area contributed by atoms with E-state index in [1.165, 1.54) is 0 Å². The number of nitrogens with one attached hydrogen (secondary N) is 1. The van der Waals surface area contributed by atoms with Crippen molar-refractivity contribution in [2.24, 2.45) is 0 Å². The van der Waals surface area contributed by atoms with E-state index in [0.29, 0.717) is 11.3 Å². The molecular weight excluding hydrogens is 256 g/mol. The second-order valence-electron chi connectivity index (χ2n) is 3.92. The Kier molecular flexibility index (Phi) is 4.86. The number of carboxylic acid groups (broad SMARTS) is 1. The maximum absolute atomic E-state index is 10.7. The topological polar surface area (TPSA) is 121 Å². The zero-order valence-corrected chi connectivity index (χ0v) is 10.6. The molecule has 0 aliphatic rings.